The summed E-state index contributed by atoms with van der Waals surface area (Å²) in [7, 11) is 1.27. The number of furan rings is 1. The van der Waals surface area contributed by atoms with Gasteiger partial charge in [0.1, 0.15) is 17.8 Å². The molecular formula is C37H50O12. The summed E-state index contributed by atoms with van der Waals surface area (Å²) in [5.41, 5.74) is -5.46. The van der Waals surface area contributed by atoms with Gasteiger partial charge in [-0.15, -0.1) is 0 Å². The highest BCUT2D eigenvalue weighted by molar-refractivity contribution is 5.86. The molecule has 12 heteroatoms. The molecule has 2 N–H and O–H groups in total. The standard InChI is InChI=1S/C37H50O12/c1-10-18(3)29(40)47-31-33(6,7)22(14-24(38)44-9)27-26-20(5)16-34(8)23(15-25(39)46-28(34)21-12-13-45-17-21)35(26)32(48-30(41)19(4)11-2)36(31,42)37(27,43)49-35/h12-13,15,17-20,22,26-28,31-32,42-43H,10-11,14,16H2,1-9H3. The number of carbonyl (C=O) groups excluding carboxylic acids is 4. The fourth-order valence-corrected chi connectivity index (χ4v) is 10.2. The summed E-state index contributed by atoms with van der Waals surface area (Å²) in [6, 6.07) is 1.71. The van der Waals surface area contributed by atoms with Crippen LogP contribution in [0.25, 0.3) is 0 Å². The van der Waals surface area contributed by atoms with E-state index >= 15 is 0 Å². The molecule has 1 spiro atoms. The highest BCUT2D eigenvalue weighted by Crippen LogP contribution is 2.78. The van der Waals surface area contributed by atoms with Crippen LogP contribution in [0.1, 0.15) is 92.7 Å². The zero-order valence-corrected chi connectivity index (χ0v) is 29.8. The van der Waals surface area contributed by atoms with E-state index in [4.69, 9.17) is 28.1 Å². The van der Waals surface area contributed by atoms with Crippen molar-refractivity contribution in [3.05, 3.63) is 35.8 Å². The Bertz CT molecular complexity index is 1550. The van der Waals surface area contributed by atoms with Crippen molar-refractivity contribution in [2.24, 2.45) is 46.3 Å². The number of aliphatic hydroxyl groups is 2. The van der Waals surface area contributed by atoms with Crippen molar-refractivity contribution in [2.75, 3.05) is 7.11 Å². The smallest absolute Gasteiger partial charge is 0.331 e. The lowest BCUT2D eigenvalue weighted by Crippen LogP contribution is -2.82. The molecule has 0 aromatic carbocycles. The van der Waals surface area contributed by atoms with E-state index in [1.807, 2.05) is 27.7 Å². The van der Waals surface area contributed by atoms with Crippen LogP contribution < -0.4 is 0 Å². The van der Waals surface area contributed by atoms with Gasteiger partial charge in [0.25, 0.3) is 0 Å². The Morgan fingerprint density at radius 3 is 2.16 bits per heavy atom. The minimum Gasteiger partial charge on any atom is -0.472 e. The van der Waals surface area contributed by atoms with Gasteiger partial charge in [0, 0.05) is 40.7 Å². The van der Waals surface area contributed by atoms with Crippen molar-refractivity contribution in [2.45, 2.75) is 116 Å². The Morgan fingerprint density at radius 1 is 1.00 bits per heavy atom. The molecule has 5 aliphatic rings. The van der Waals surface area contributed by atoms with Gasteiger partial charge in [-0.3, -0.25) is 14.4 Å². The van der Waals surface area contributed by atoms with E-state index in [2.05, 4.69) is 0 Å². The van der Waals surface area contributed by atoms with Crippen LogP contribution in [0.5, 0.6) is 0 Å². The molecule has 270 valence electrons. The van der Waals surface area contributed by atoms with E-state index in [-0.39, 0.29) is 12.3 Å². The van der Waals surface area contributed by atoms with Crippen LogP contribution in [-0.2, 0) is 42.9 Å². The van der Waals surface area contributed by atoms with Crippen LogP contribution >= 0.6 is 0 Å². The van der Waals surface area contributed by atoms with Crippen molar-refractivity contribution in [1.29, 1.82) is 0 Å². The molecule has 6 rings (SSSR count). The molecule has 49 heavy (non-hydrogen) atoms. The molecule has 2 aliphatic carbocycles. The largest absolute Gasteiger partial charge is 0.472 e. The Labute approximate surface area is 286 Å². The number of ether oxygens (including phenoxy) is 5. The zero-order valence-electron chi connectivity index (χ0n) is 29.8. The van der Waals surface area contributed by atoms with Gasteiger partial charge < -0.3 is 38.3 Å². The maximum Gasteiger partial charge on any atom is 0.331 e. The molecule has 1 aromatic heterocycles. The average molecular weight is 687 g/mol. The molecule has 4 fully saturated rings. The van der Waals surface area contributed by atoms with Gasteiger partial charge >= 0.3 is 23.9 Å². The molecule has 2 saturated carbocycles. The molecule has 0 amide bonds. The number of cyclic esters (lactones) is 1. The first-order valence-corrected chi connectivity index (χ1v) is 17.5. The fraction of sp³-hybridized carbons (Fsp3) is 0.730. The number of methoxy groups -OCH3 is 1. The van der Waals surface area contributed by atoms with Crippen molar-refractivity contribution >= 4 is 23.9 Å². The van der Waals surface area contributed by atoms with Crippen molar-refractivity contribution < 1.29 is 57.5 Å². The normalized spacial score (nSPS) is 42.6. The van der Waals surface area contributed by atoms with Crippen LogP contribution in [0.4, 0.5) is 0 Å². The maximum atomic E-state index is 13.9. The lowest BCUT2D eigenvalue weighted by Gasteiger charge is -2.66. The van der Waals surface area contributed by atoms with Crippen LogP contribution in [-0.4, -0.2) is 70.4 Å². The van der Waals surface area contributed by atoms with Crippen LogP contribution in [0, 0.1) is 46.3 Å². The average Bonchev–Trinajstić information content (AvgIpc) is 3.73. The van der Waals surface area contributed by atoms with E-state index < -0.39 is 99.6 Å². The van der Waals surface area contributed by atoms with Gasteiger partial charge in [-0.1, -0.05) is 55.4 Å². The minimum absolute atomic E-state index is 0.181. The topological polar surface area (TPSA) is 168 Å². The number of hydrogen-bond donors (Lipinski definition) is 2. The summed E-state index contributed by atoms with van der Waals surface area (Å²) in [5.74, 6) is -8.78. The summed E-state index contributed by atoms with van der Waals surface area (Å²) < 4.78 is 36.0. The van der Waals surface area contributed by atoms with Gasteiger partial charge in [-0.05, 0) is 42.7 Å². The summed E-state index contributed by atoms with van der Waals surface area (Å²) >= 11 is 0. The first kappa shape index (κ1) is 35.6. The van der Waals surface area contributed by atoms with Crippen LogP contribution in [0.15, 0.2) is 34.7 Å². The van der Waals surface area contributed by atoms with E-state index in [0.29, 0.717) is 30.4 Å². The number of esters is 4. The number of carbonyl (C=O) groups is 4. The number of hydrogen-bond acceptors (Lipinski definition) is 12. The van der Waals surface area contributed by atoms with Gasteiger partial charge in [-0.2, -0.15) is 0 Å². The predicted molar refractivity (Wildman–Crippen MR) is 171 cm³/mol. The van der Waals surface area contributed by atoms with Crippen LogP contribution in [0.3, 0.4) is 0 Å². The molecule has 3 aliphatic heterocycles. The lowest BCUT2D eigenvalue weighted by atomic mass is 9.39. The molecule has 2 saturated heterocycles. The highest BCUT2D eigenvalue weighted by atomic mass is 16.7. The fourth-order valence-electron chi connectivity index (χ4n) is 10.2. The van der Waals surface area contributed by atoms with Gasteiger partial charge in [0.15, 0.2) is 11.7 Å². The molecule has 1 aromatic rings. The summed E-state index contributed by atoms with van der Waals surface area (Å²) in [4.78, 5) is 54.1. The molecule has 12 nitrogen and oxygen atoms in total. The van der Waals surface area contributed by atoms with Gasteiger partial charge in [0.2, 0.25) is 5.79 Å². The van der Waals surface area contributed by atoms with E-state index in [0.717, 1.165) is 0 Å². The summed E-state index contributed by atoms with van der Waals surface area (Å²) in [6.45, 7) is 14.5. The van der Waals surface area contributed by atoms with Crippen LogP contribution in [0.2, 0.25) is 0 Å². The second kappa shape index (κ2) is 11.7. The SMILES string of the molecule is CCC(C)C(=O)OC1C(C)(C)C(CC(=O)OC)C2C3C(C)CC4(C)C(=CC(=O)OC4c4ccoc4)C34OC2(O)C1(O)C4OC(=O)C(C)CC. The molecular weight excluding hydrogens is 636 g/mol. The molecule has 4 heterocycles. The minimum atomic E-state index is -2.53. The van der Waals surface area contributed by atoms with Gasteiger partial charge in [-0.25, -0.2) is 4.79 Å². The highest BCUT2D eigenvalue weighted by Gasteiger charge is 2.93. The number of rotatable bonds is 9. The Hall–Kier alpha value is -3.22. The lowest BCUT2D eigenvalue weighted by molar-refractivity contribution is -0.359. The Morgan fingerprint density at radius 2 is 1.61 bits per heavy atom. The summed E-state index contributed by atoms with van der Waals surface area (Å²) in [6.07, 6.45) is 1.49. The maximum absolute atomic E-state index is 13.9. The third-order valence-corrected chi connectivity index (χ3v) is 12.9. The molecule has 13 atom stereocenters. The first-order chi connectivity index (χ1) is 22.9. The van der Waals surface area contributed by atoms with E-state index in [1.54, 1.807) is 33.8 Å². The Balaban J connectivity index is 1.65. The quantitative estimate of drug-likeness (QED) is 0.278. The predicted octanol–water partition coefficient (Wildman–Crippen LogP) is 4.42. The molecule has 0 radical (unpaired) electrons. The van der Waals surface area contributed by atoms with Crippen molar-refractivity contribution in [3.8, 4) is 0 Å². The number of fused-ring (bicyclic) bond motifs is 2. The second-order valence-electron chi connectivity index (χ2n) is 16.0. The summed E-state index contributed by atoms with van der Waals surface area (Å²) in [5, 5.41) is 26.4. The van der Waals surface area contributed by atoms with Gasteiger partial charge in [0.05, 0.1) is 31.5 Å². The third-order valence-electron chi connectivity index (χ3n) is 12.9. The molecule has 13 unspecified atom stereocenters. The zero-order chi connectivity index (χ0) is 36.1. The monoisotopic (exact) mass is 686 g/mol. The second-order valence-corrected chi connectivity index (χ2v) is 16.0. The molecule has 2 bridgehead atoms. The van der Waals surface area contributed by atoms with Crippen molar-refractivity contribution in [3.63, 3.8) is 0 Å². The van der Waals surface area contributed by atoms with E-state index in [1.165, 1.54) is 25.7 Å². The Kier molecular flexibility index (Phi) is 8.47. The third kappa shape index (κ3) is 4.58. The van der Waals surface area contributed by atoms with E-state index in [9.17, 15) is 29.4 Å². The van der Waals surface area contributed by atoms with Crippen molar-refractivity contribution in [1.82, 2.24) is 0 Å². The first-order valence-electron chi connectivity index (χ1n) is 17.5.